The Morgan fingerprint density at radius 3 is 2.43 bits per heavy atom. The molecule has 204 valence electrons. The summed E-state index contributed by atoms with van der Waals surface area (Å²) in [6.45, 7) is 5.71. The molecule has 2 saturated heterocycles. The molecule has 2 saturated carbocycles. The molecule has 0 radical (unpaired) electrons. The highest BCUT2D eigenvalue weighted by Crippen LogP contribution is 2.57. The number of nitriles is 1. The standard InChI is InChI=1S/C25H34ClF2N5O4/c1-24(2,3)19(32-23(37)25(26,27)28)22(36)33-11-16-12-4-5-13(8-12)17(16)18(33)21(35)31-15(10-29)9-14-6-7-30-20(14)34/h12-19H,4-9,11H2,1-3H3,(H,30,34)(H,31,35)(H,32,37)/t12-,13+,14+,15+,16-,17+,18+,19-/m1/s1. The number of halogens is 3. The van der Waals surface area contributed by atoms with Crippen LogP contribution in [0.4, 0.5) is 8.78 Å². The number of hydrogen-bond donors (Lipinski definition) is 3. The molecule has 37 heavy (non-hydrogen) atoms. The van der Waals surface area contributed by atoms with Gasteiger partial charge in [-0.3, -0.25) is 19.2 Å². The molecule has 4 rings (SSSR count). The summed E-state index contributed by atoms with van der Waals surface area (Å²) in [6, 6.07) is -1.08. The number of carbonyl (C=O) groups is 4. The van der Waals surface area contributed by atoms with E-state index in [9.17, 15) is 33.2 Å². The van der Waals surface area contributed by atoms with Gasteiger partial charge in [-0.2, -0.15) is 14.0 Å². The van der Waals surface area contributed by atoms with Gasteiger partial charge < -0.3 is 20.9 Å². The quantitative estimate of drug-likeness (QED) is 0.423. The van der Waals surface area contributed by atoms with Gasteiger partial charge in [-0.05, 0) is 72.8 Å². The zero-order chi connectivity index (χ0) is 27.3. The first-order valence-electron chi connectivity index (χ1n) is 12.9. The molecule has 0 aromatic carbocycles. The molecule has 2 heterocycles. The van der Waals surface area contributed by atoms with Crippen LogP contribution in [0, 0.1) is 46.3 Å². The van der Waals surface area contributed by atoms with E-state index in [1.807, 2.05) is 0 Å². The van der Waals surface area contributed by atoms with Crippen LogP contribution in [0.15, 0.2) is 0 Å². The number of nitrogens with zero attached hydrogens (tertiary/aromatic N) is 2. The van der Waals surface area contributed by atoms with Gasteiger partial charge in [0.05, 0.1) is 6.07 Å². The van der Waals surface area contributed by atoms with Gasteiger partial charge in [0, 0.05) is 19.0 Å². The van der Waals surface area contributed by atoms with Gasteiger partial charge in [0.25, 0.3) is 0 Å². The fraction of sp³-hybridized carbons (Fsp3) is 0.800. The van der Waals surface area contributed by atoms with E-state index in [0.717, 1.165) is 19.3 Å². The molecule has 0 aromatic rings. The van der Waals surface area contributed by atoms with Crippen LogP contribution in [0.25, 0.3) is 0 Å². The fourth-order valence-electron chi connectivity index (χ4n) is 6.89. The van der Waals surface area contributed by atoms with Gasteiger partial charge in [0.2, 0.25) is 17.7 Å². The number of rotatable bonds is 7. The molecule has 4 amide bonds. The highest BCUT2D eigenvalue weighted by Gasteiger charge is 2.60. The van der Waals surface area contributed by atoms with E-state index in [0.29, 0.717) is 18.9 Å². The van der Waals surface area contributed by atoms with Crippen molar-refractivity contribution in [3.8, 4) is 6.07 Å². The van der Waals surface area contributed by atoms with Gasteiger partial charge in [0.1, 0.15) is 18.1 Å². The Kier molecular flexibility index (Phi) is 7.45. The monoisotopic (exact) mass is 541 g/mol. The van der Waals surface area contributed by atoms with Crippen molar-refractivity contribution in [3.05, 3.63) is 0 Å². The zero-order valence-electron chi connectivity index (χ0n) is 21.2. The summed E-state index contributed by atoms with van der Waals surface area (Å²) in [6.07, 6.45) is 3.67. The molecule has 2 aliphatic heterocycles. The third-order valence-corrected chi connectivity index (χ3v) is 8.79. The van der Waals surface area contributed by atoms with Crippen molar-refractivity contribution in [2.75, 3.05) is 13.1 Å². The highest BCUT2D eigenvalue weighted by atomic mass is 35.5. The van der Waals surface area contributed by atoms with Gasteiger partial charge in [-0.25, -0.2) is 0 Å². The minimum Gasteiger partial charge on any atom is -0.356 e. The second kappa shape index (κ2) is 10.0. The molecular formula is C25H34ClF2N5O4. The summed E-state index contributed by atoms with van der Waals surface area (Å²) in [5.41, 5.74) is -0.947. The lowest BCUT2D eigenvalue weighted by molar-refractivity contribution is -0.148. The first-order chi connectivity index (χ1) is 17.2. The molecule has 0 aromatic heterocycles. The molecule has 4 aliphatic rings. The number of alkyl halides is 3. The summed E-state index contributed by atoms with van der Waals surface area (Å²) in [5, 5.41) is 13.1. The Bertz CT molecular complexity index is 1010. The number of carbonyl (C=O) groups excluding carboxylic acids is 4. The van der Waals surface area contributed by atoms with Gasteiger partial charge in [-0.1, -0.05) is 20.8 Å². The summed E-state index contributed by atoms with van der Waals surface area (Å²) < 4.78 is 27.0. The summed E-state index contributed by atoms with van der Waals surface area (Å²) in [4.78, 5) is 52.9. The predicted molar refractivity (Wildman–Crippen MR) is 129 cm³/mol. The number of hydrogen-bond acceptors (Lipinski definition) is 5. The molecule has 9 nitrogen and oxygen atoms in total. The van der Waals surface area contributed by atoms with E-state index in [1.54, 1.807) is 20.8 Å². The molecule has 0 unspecified atom stereocenters. The van der Waals surface area contributed by atoms with Crippen LogP contribution in [0.5, 0.6) is 0 Å². The van der Waals surface area contributed by atoms with Gasteiger partial charge in [-0.15, -0.1) is 0 Å². The van der Waals surface area contributed by atoms with E-state index in [2.05, 4.69) is 22.0 Å². The lowest BCUT2D eigenvalue weighted by Gasteiger charge is -2.37. The normalized spacial score (nSPS) is 32.4. The topological polar surface area (TPSA) is 131 Å². The SMILES string of the molecule is CC(C)(C)[C@H](NC(=O)C(F)(F)Cl)C(=O)N1C[C@@H]2[C@@H]3CC[C@@H](C3)[C@@H]2[C@H]1C(=O)N[C@H](C#N)C[C@@H]1CCNC1=O. The highest BCUT2D eigenvalue weighted by molar-refractivity contribution is 6.32. The van der Waals surface area contributed by atoms with E-state index < -0.39 is 46.6 Å². The third-order valence-electron chi connectivity index (χ3n) is 8.62. The maximum atomic E-state index is 13.8. The van der Waals surface area contributed by atoms with Gasteiger partial charge >= 0.3 is 11.3 Å². The molecule has 3 N–H and O–H groups in total. The minimum atomic E-state index is -4.19. The predicted octanol–water partition coefficient (Wildman–Crippen LogP) is 1.76. The average molecular weight is 542 g/mol. The summed E-state index contributed by atoms with van der Waals surface area (Å²) in [7, 11) is 0. The van der Waals surface area contributed by atoms with Crippen LogP contribution < -0.4 is 16.0 Å². The fourth-order valence-corrected chi connectivity index (χ4v) is 6.95. The smallest absolute Gasteiger partial charge is 0.356 e. The van der Waals surface area contributed by atoms with Crippen LogP contribution in [0.2, 0.25) is 0 Å². The molecular weight excluding hydrogens is 508 g/mol. The Labute approximate surface area is 220 Å². The van der Waals surface area contributed by atoms with Crippen LogP contribution in [0.1, 0.15) is 52.9 Å². The number of likely N-dealkylation sites (tertiary alicyclic amines) is 1. The van der Waals surface area contributed by atoms with E-state index in [4.69, 9.17) is 11.6 Å². The number of nitrogens with one attached hydrogen (secondary N) is 3. The lowest BCUT2D eigenvalue weighted by atomic mass is 9.78. The average Bonchev–Trinajstić information content (AvgIpc) is 3.57. The van der Waals surface area contributed by atoms with Crippen molar-refractivity contribution in [2.24, 2.45) is 35.0 Å². The molecule has 0 spiro atoms. The zero-order valence-corrected chi connectivity index (χ0v) is 22.0. The molecule has 12 heteroatoms. The van der Waals surface area contributed by atoms with Crippen LogP contribution >= 0.6 is 11.6 Å². The van der Waals surface area contributed by atoms with Gasteiger partial charge in [0.15, 0.2) is 0 Å². The Balaban J connectivity index is 1.58. The maximum Gasteiger partial charge on any atom is 0.399 e. The van der Waals surface area contributed by atoms with Crippen molar-refractivity contribution in [1.29, 1.82) is 5.26 Å². The minimum absolute atomic E-state index is 0.0883. The first-order valence-corrected chi connectivity index (χ1v) is 13.3. The summed E-state index contributed by atoms with van der Waals surface area (Å²) >= 11 is 4.91. The van der Waals surface area contributed by atoms with E-state index in [1.165, 1.54) is 4.90 Å². The van der Waals surface area contributed by atoms with Crippen LogP contribution in [-0.2, 0) is 19.2 Å². The number of fused-ring (bicyclic) bond motifs is 5. The lowest BCUT2D eigenvalue weighted by Crippen LogP contribution is -2.60. The summed E-state index contributed by atoms with van der Waals surface area (Å²) in [5.74, 6) is -2.82. The number of amides is 4. The van der Waals surface area contributed by atoms with Crippen molar-refractivity contribution in [2.45, 2.75) is 76.4 Å². The largest absolute Gasteiger partial charge is 0.399 e. The van der Waals surface area contributed by atoms with Crippen molar-refractivity contribution >= 4 is 35.2 Å². The molecule has 2 bridgehead atoms. The van der Waals surface area contributed by atoms with Crippen LogP contribution in [-0.4, -0.2) is 65.1 Å². The Morgan fingerprint density at radius 1 is 1.19 bits per heavy atom. The maximum absolute atomic E-state index is 13.8. The molecule has 8 atom stereocenters. The van der Waals surface area contributed by atoms with E-state index >= 15 is 0 Å². The molecule has 2 aliphatic carbocycles. The van der Waals surface area contributed by atoms with Crippen molar-refractivity contribution < 1.29 is 28.0 Å². The van der Waals surface area contributed by atoms with Crippen molar-refractivity contribution in [1.82, 2.24) is 20.9 Å². The third kappa shape index (κ3) is 5.40. The van der Waals surface area contributed by atoms with Crippen LogP contribution in [0.3, 0.4) is 0 Å². The van der Waals surface area contributed by atoms with E-state index in [-0.39, 0.29) is 42.5 Å². The Morgan fingerprint density at radius 2 is 1.86 bits per heavy atom. The van der Waals surface area contributed by atoms with Crippen molar-refractivity contribution in [3.63, 3.8) is 0 Å². The first kappa shape index (κ1) is 27.6. The second-order valence-corrected chi connectivity index (χ2v) is 12.5. The molecule has 4 fully saturated rings. The Hall–Kier alpha value is -2.48. The second-order valence-electron chi connectivity index (χ2n) is 12.0.